The Kier molecular flexibility index (Phi) is 23.9. The molecule has 5 unspecified atom stereocenters. The van der Waals surface area contributed by atoms with Crippen molar-refractivity contribution in [2.75, 3.05) is 26.9 Å². The molecule has 26 heteroatoms. The van der Waals surface area contributed by atoms with Crippen LogP contribution < -0.4 is 27.2 Å². The number of H-pyrrole nitrogens is 2. The summed E-state index contributed by atoms with van der Waals surface area (Å²) in [5, 5.41) is 19.3. The van der Waals surface area contributed by atoms with E-state index in [1.807, 2.05) is 72.6 Å². The number of alkyl halides is 3. The summed E-state index contributed by atoms with van der Waals surface area (Å²) in [6, 6.07) is 25.0. The van der Waals surface area contributed by atoms with Crippen LogP contribution in [0, 0.1) is 17.8 Å². The van der Waals surface area contributed by atoms with Crippen molar-refractivity contribution in [2.24, 2.45) is 17.8 Å². The Morgan fingerprint density at radius 3 is 2.02 bits per heavy atom. The Balaban J connectivity index is 1.23. The molecule has 0 radical (unpaired) electrons. The largest absolute Gasteiger partial charge is 0.471 e. The van der Waals surface area contributed by atoms with Crippen molar-refractivity contribution in [1.82, 2.24) is 25.9 Å². The number of methoxy groups -OCH3 is 1. The first-order valence-electron chi connectivity index (χ1n) is 30.2. The van der Waals surface area contributed by atoms with Gasteiger partial charge < -0.3 is 73.4 Å². The lowest BCUT2D eigenvalue weighted by Crippen LogP contribution is -2.68. The summed E-state index contributed by atoms with van der Waals surface area (Å²) in [5.74, 6) is -8.02. The monoisotopic (exact) mass is 1240 g/mol. The number of aromatic amines is 2. The van der Waals surface area contributed by atoms with Gasteiger partial charge in [-0.3, -0.25) is 29.0 Å². The summed E-state index contributed by atoms with van der Waals surface area (Å²) in [4.78, 5) is 98.6. The van der Waals surface area contributed by atoms with E-state index in [0.717, 1.165) is 43.6 Å². The zero-order valence-electron chi connectivity index (χ0n) is 50.1. The standard InChI is InChI=1S/C62H78F3N5O18/c1-5-80-34-46-50(73)53(85-45(26-37-18-10-6-11-19-37)57(76)83-33-40-24-16-9-17-25-40)49(69-48(72)30-66-60(77)62(63,64)65)58(87-46)86-44-28-41(56(75)79-4)27-42(67-55(74)43-29-47(71)70-61(78)68-43)52(44)88-59-54(82-32-39-22-14-8-15-23-39)51(35(2)36(3)84-59)81-31-38-20-12-7-13-21-38/h7-9,12-17,20-25,29,35-37,41-42,44-46,49-54,58-59,73H,5-6,10-11,18-19,26-28,30-34H2,1-4H3,(H,66,77)(H,67,74)(H,69,72)(H2,68,70,71,78)/t35-,36?,41?,42-,44-,45+,46+,49?,50+,51+,52-,53?,54?,58-,59+/m1/s1/i1T. The van der Waals surface area contributed by atoms with E-state index in [-0.39, 0.29) is 64.4 Å². The van der Waals surface area contributed by atoms with E-state index in [9.17, 15) is 51.8 Å². The van der Waals surface area contributed by atoms with Gasteiger partial charge in [0.25, 0.3) is 11.5 Å². The molecule has 3 aromatic carbocycles. The van der Waals surface area contributed by atoms with Crippen LogP contribution in [0.25, 0.3) is 0 Å². The van der Waals surface area contributed by atoms with Gasteiger partial charge in [-0.1, -0.05) is 130 Å². The van der Waals surface area contributed by atoms with Crippen molar-refractivity contribution < 1.29 is 91.0 Å². The van der Waals surface area contributed by atoms with Gasteiger partial charge in [-0.15, -0.1) is 0 Å². The van der Waals surface area contributed by atoms with Crippen molar-refractivity contribution >= 4 is 29.7 Å². The molecule has 8 rings (SSSR count). The van der Waals surface area contributed by atoms with Gasteiger partial charge in [-0.25, -0.2) is 9.59 Å². The highest BCUT2D eigenvalue weighted by Gasteiger charge is 2.54. The van der Waals surface area contributed by atoms with Crippen molar-refractivity contribution in [3.63, 3.8) is 0 Å². The summed E-state index contributed by atoms with van der Waals surface area (Å²) in [6.07, 6.45) is -17.4. The number of esters is 2. The minimum atomic E-state index is -5.40. The van der Waals surface area contributed by atoms with Crippen LogP contribution in [0.3, 0.4) is 0 Å². The van der Waals surface area contributed by atoms with Crippen molar-refractivity contribution in [1.29, 1.82) is 0 Å². The molecule has 6 N–H and O–H groups in total. The van der Waals surface area contributed by atoms with E-state index in [4.69, 9.17) is 48.7 Å². The van der Waals surface area contributed by atoms with E-state index < -0.39 is 151 Å². The molecule has 4 aliphatic rings. The Hall–Kier alpha value is -6.88. The zero-order valence-corrected chi connectivity index (χ0v) is 49.1. The first-order valence-corrected chi connectivity index (χ1v) is 29.5. The maximum absolute atomic E-state index is 14.5. The lowest BCUT2D eigenvalue weighted by atomic mass is 9.81. The van der Waals surface area contributed by atoms with Gasteiger partial charge in [0.2, 0.25) is 5.91 Å². The highest BCUT2D eigenvalue weighted by atomic mass is 19.4. The SMILES string of the molecule is [3H]CCOC[C@@H]1O[C@@H](O[C@@H]2CC(C(=O)OC)C[C@@H](NC(=O)c3cc(=O)[nH]c(=O)[nH]3)[C@H]2O[C@@H]2OC(C)[C@@H](C)[C@H](OCc3ccccc3)C2OCc2ccccc2)C(NC(=O)CNC(=O)C(F)(F)F)C(O[C@@H](CC2CCCCC2)C(=O)OCc2ccccc2)[C@H]1O. The van der Waals surface area contributed by atoms with Gasteiger partial charge in [-0.05, 0) is 55.7 Å². The molecule has 0 spiro atoms. The highest BCUT2D eigenvalue weighted by Crippen LogP contribution is 2.39. The molecule has 2 aliphatic heterocycles. The van der Waals surface area contributed by atoms with Crippen LogP contribution in [0.4, 0.5) is 13.2 Å². The molecule has 4 fully saturated rings. The number of amides is 3. The van der Waals surface area contributed by atoms with Gasteiger partial charge in [-0.2, -0.15) is 13.2 Å². The smallest absolute Gasteiger partial charge is 0.469 e. The number of aromatic nitrogens is 2. The zero-order chi connectivity index (χ0) is 63.6. The molecule has 2 saturated heterocycles. The second-order valence-corrected chi connectivity index (χ2v) is 22.4. The fraction of sp³-hybridized carbons (Fsp3) is 0.565. The average Bonchev–Trinajstić information content (AvgIpc) is 1.45. The Labute approximate surface area is 507 Å². The first kappa shape index (κ1) is 65.6. The van der Waals surface area contributed by atoms with Crippen molar-refractivity contribution in [3.8, 4) is 0 Å². The van der Waals surface area contributed by atoms with Crippen molar-refractivity contribution in [2.45, 2.75) is 178 Å². The number of carbonyl (C=O) groups is 5. The number of hydrogen-bond donors (Lipinski definition) is 6. The number of benzene rings is 3. The van der Waals surface area contributed by atoms with Crippen LogP contribution in [0.1, 0.15) is 101 Å². The average molecular weight is 1240 g/mol. The fourth-order valence-corrected chi connectivity index (χ4v) is 11.5. The number of halogens is 3. The maximum atomic E-state index is 14.5. The number of aliphatic hydroxyl groups excluding tert-OH is 1. The van der Waals surface area contributed by atoms with E-state index >= 15 is 0 Å². The lowest BCUT2D eigenvalue weighted by Gasteiger charge is -2.50. The Morgan fingerprint density at radius 2 is 1.41 bits per heavy atom. The van der Waals surface area contributed by atoms with Crippen LogP contribution >= 0.6 is 0 Å². The highest BCUT2D eigenvalue weighted by molar-refractivity contribution is 5.92. The minimum absolute atomic E-state index is 0.0156. The number of aliphatic hydroxyl groups is 1. The van der Waals surface area contributed by atoms with E-state index in [2.05, 4.69) is 15.6 Å². The van der Waals surface area contributed by atoms with E-state index in [0.29, 0.717) is 18.4 Å². The molecule has 88 heavy (non-hydrogen) atoms. The number of rotatable bonds is 26. The third-order valence-corrected chi connectivity index (χ3v) is 16.2. The predicted molar refractivity (Wildman–Crippen MR) is 305 cm³/mol. The van der Waals surface area contributed by atoms with Crippen LogP contribution in [-0.2, 0) is 86.4 Å². The van der Waals surface area contributed by atoms with Gasteiger partial charge in [0.15, 0.2) is 18.7 Å². The minimum Gasteiger partial charge on any atom is -0.469 e. The fourth-order valence-electron chi connectivity index (χ4n) is 11.5. The molecule has 15 atom stereocenters. The molecule has 1 aromatic heterocycles. The molecule has 2 aliphatic carbocycles. The third-order valence-electron chi connectivity index (χ3n) is 16.2. The van der Waals surface area contributed by atoms with Crippen LogP contribution in [-0.4, -0.2) is 157 Å². The second kappa shape index (κ2) is 32.0. The van der Waals surface area contributed by atoms with Gasteiger partial charge in [0.05, 0.1) is 63.7 Å². The molecule has 480 valence electrons. The van der Waals surface area contributed by atoms with E-state index in [1.54, 1.807) is 37.3 Å². The Bertz CT molecular complexity index is 3010. The van der Waals surface area contributed by atoms with Crippen molar-refractivity contribution in [3.05, 3.63) is 140 Å². The molecule has 3 heterocycles. The molecule has 3 amide bonds. The first-order chi connectivity index (χ1) is 42.8. The topological polar surface area (TPSA) is 300 Å². The summed E-state index contributed by atoms with van der Waals surface area (Å²) >= 11 is 0. The molecule has 4 aromatic rings. The van der Waals surface area contributed by atoms with Crippen LogP contribution in [0.5, 0.6) is 0 Å². The number of carbonyl (C=O) groups excluding carboxylic acids is 5. The van der Waals surface area contributed by atoms with Gasteiger partial charge in [0.1, 0.15) is 48.9 Å². The van der Waals surface area contributed by atoms with E-state index in [1.165, 1.54) is 5.32 Å². The molecule has 23 nitrogen and oxygen atoms in total. The predicted octanol–water partition coefficient (Wildman–Crippen LogP) is 4.82. The summed E-state index contributed by atoms with van der Waals surface area (Å²) < 4.78 is 113. The van der Waals surface area contributed by atoms with Gasteiger partial charge >= 0.3 is 29.7 Å². The maximum Gasteiger partial charge on any atom is 0.471 e. The summed E-state index contributed by atoms with van der Waals surface area (Å²) in [6.45, 7) is 1.53. The Morgan fingerprint density at radius 1 is 0.773 bits per heavy atom. The molecular weight excluding hydrogens is 1160 g/mol. The normalized spacial score (nSPS) is 28.1. The number of ether oxygens (including phenoxy) is 10. The molecule has 0 bridgehead atoms. The molecular formula is C62H78F3N5O18. The summed E-state index contributed by atoms with van der Waals surface area (Å²) in [5.41, 5.74) is -0.189. The van der Waals surface area contributed by atoms with Crippen LogP contribution in [0.15, 0.2) is 107 Å². The summed E-state index contributed by atoms with van der Waals surface area (Å²) in [7, 11) is 1.13. The third kappa shape index (κ3) is 18.6. The second-order valence-electron chi connectivity index (χ2n) is 22.4. The number of nitrogens with one attached hydrogen (secondary N) is 5. The quantitative estimate of drug-likeness (QED) is 0.0363. The molecule has 2 saturated carbocycles. The number of hydrogen-bond acceptors (Lipinski definition) is 18. The van der Waals surface area contributed by atoms with Gasteiger partial charge in [0, 0.05) is 20.0 Å². The van der Waals surface area contributed by atoms with Crippen LogP contribution in [0.2, 0.25) is 0 Å². The lowest BCUT2D eigenvalue weighted by molar-refractivity contribution is -0.339.